The van der Waals surface area contributed by atoms with Crippen LogP contribution in [0, 0.1) is 32.5 Å². The lowest BCUT2D eigenvalue weighted by Gasteiger charge is -2.13. The van der Waals surface area contributed by atoms with E-state index in [2.05, 4.69) is 17.3 Å². The van der Waals surface area contributed by atoms with E-state index < -0.39 is 0 Å². The molecule has 1 unspecified atom stereocenters. The van der Waals surface area contributed by atoms with Crippen LogP contribution in [0.5, 0.6) is 0 Å². The van der Waals surface area contributed by atoms with Gasteiger partial charge in [0.2, 0.25) is 0 Å². The minimum atomic E-state index is -0.345. The first-order valence-electron chi connectivity index (χ1n) is 8.33. The van der Waals surface area contributed by atoms with Gasteiger partial charge in [0.15, 0.2) is 5.76 Å². The second-order valence-corrected chi connectivity index (χ2v) is 6.62. The second-order valence-electron chi connectivity index (χ2n) is 6.62. The third-order valence-electron chi connectivity index (χ3n) is 4.30. The Morgan fingerprint density at radius 3 is 2.76 bits per heavy atom. The van der Waals surface area contributed by atoms with Crippen molar-refractivity contribution in [3.8, 4) is 0 Å². The molecule has 1 N–H and O–H groups in total. The number of nitrogens with zero attached hydrogens (tertiary/aromatic N) is 2. The van der Waals surface area contributed by atoms with Crippen LogP contribution in [-0.2, 0) is 6.54 Å². The number of furan rings is 1. The van der Waals surface area contributed by atoms with Crippen LogP contribution in [0.15, 0.2) is 28.7 Å². The van der Waals surface area contributed by atoms with E-state index in [1.54, 1.807) is 13.0 Å². The Bertz CT molecular complexity index is 926. The number of nitrogens with one attached hydrogen (secondary N) is 1. The van der Waals surface area contributed by atoms with Crippen LogP contribution >= 0.6 is 0 Å². The Balaban J connectivity index is 1.66. The number of aryl methyl sites for hydroxylation is 3. The molecule has 3 rings (SSSR count). The maximum Gasteiger partial charge on any atom is 0.287 e. The van der Waals surface area contributed by atoms with E-state index in [0.717, 1.165) is 17.9 Å². The fourth-order valence-electron chi connectivity index (χ4n) is 2.98. The predicted octanol–water partition coefficient (Wildman–Crippen LogP) is 3.76. The van der Waals surface area contributed by atoms with Crippen LogP contribution in [0.3, 0.4) is 0 Å². The average Bonchev–Trinajstić information content (AvgIpc) is 3.04. The first-order chi connectivity index (χ1) is 11.8. The van der Waals surface area contributed by atoms with Crippen LogP contribution in [0.4, 0.5) is 4.39 Å². The number of fused-ring (bicyclic) bond motifs is 1. The zero-order valence-corrected chi connectivity index (χ0v) is 14.9. The zero-order chi connectivity index (χ0) is 18.1. The van der Waals surface area contributed by atoms with E-state index in [9.17, 15) is 9.18 Å². The highest BCUT2D eigenvalue weighted by Crippen LogP contribution is 2.25. The lowest BCUT2D eigenvalue weighted by Crippen LogP contribution is -2.30. The van der Waals surface area contributed by atoms with Gasteiger partial charge in [0.05, 0.1) is 5.69 Å². The van der Waals surface area contributed by atoms with Gasteiger partial charge < -0.3 is 9.73 Å². The van der Waals surface area contributed by atoms with E-state index in [1.165, 1.54) is 12.1 Å². The Hall–Kier alpha value is -2.63. The zero-order valence-electron chi connectivity index (χ0n) is 14.9. The molecule has 0 aliphatic heterocycles. The first kappa shape index (κ1) is 17.2. The number of rotatable bonds is 5. The van der Waals surface area contributed by atoms with Crippen molar-refractivity contribution in [2.24, 2.45) is 5.92 Å². The summed E-state index contributed by atoms with van der Waals surface area (Å²) in [5, 5.41) is 7.96. The summed E-state index contributed by atoms with van der Waals surface area (Å²) in [7, 11) is 0. The molecule has 0 bridgehead atoms. The topological polar surface area (TPSA) is 60.1 Å². The van der Waals surface area contributed by atoms with Gasteiger partial charge in [-0.25, -0.2) is 4.39 Å². The number of benzene rings is 1. The van der Waals surface area contributed by atoms with Crippen molar-refractivity contribution in [3.63, 3.8) is 0 Å². The summed E-state index contributed by atoms with van der Waals surface area (Å²) < 4.78 is 20.9. The van der Waals surface area contributed by atoms with Crippen molar-refractivity contribution >= 4 is 16.9 Å². The van der Waals surface area contributed by atoms with Gasteiger partial charge in [-0.05, 0) is 51.0 Å². The van der Waals surface area contributed by atoms with Crippen molar-refractivity contribution in [2.45, 2.75) is 34.2 Å². The Morgan fingerprint density at radius 1 is 1.32 bits per heavy atom. The van der Waals surface area contributed by atoms with E-state index in [1.807, 2.05) is 24.6 Å². The monoisotopic (exact) mass is 343 g/mol. The largest absolute Gasteiger partial charge is 0.451 e. The molecule has 2 aromatic heterocycles. The molecular formula is C19H22FN3O2. The molecule has 1 atom stereocenters. The van der Waals surface area contributed by atoms with Gasteiger partial charge in [0.25, 0.3) is 5.91 Å². The van der Waals surface area contributed by atoms with Gasteiger partial charge in [-0.3, -0.25) is 9.48 Å². The summed E-state index contributed by atoms with van der Waals surface area (Å²) >= 11 is 0. The van der Waals surface area contributed by atoms with E-state index in [0.29, 0.717) is 23.1 Å². The molecule has 0 radical (unpaired) electrons. The van der Waals surface area contributed by atoms with Crippen LogP contribution < -0.4 is 5.32 Å². The van der Waals surface area contributed by atoms with Crippen LogP contribution in [0.2, 0.25) is 0 Å². The number of carbonyl (C=O) groups is 1. The van der Waals surface area contributed by atoms with Crippen LogP contribution in [0.25, 0.3) is 11.0 Å². The SMILES string of the molecule is Cc1cc(C)n(CC(C)CNC(=O)c2oc3ccc(F)cc3c2C)n1. The molecule has 2 heterocycles. The highest BCUT2D eigenvalue weighted by Gasteiger charge is 2.18. The smallest absolute Gasteiger partial charge is 0.287 e. The van der Waals surface area contributed by atoms with E-state index >= 15 is 0 Å². The average molecular weight is 343 g/mol. The predicted molar refractivity (Wildman–Crippen MR) is 94.1 cm³/mol. The highest BCUT2D eigenvalue weighted by molar-refractivity contribution is 5.98. The van der Waals surface area contributed by atoms with E-state index in [4.69, 9.17) is 4.42 Å². The Labute approximate surface area is 145 Å². The lowest BCUT2D eigenvalue weighted by molar-refractivity contribution is 0.0920. The molecule has 6 heteroatoms. The number of hydrogen-bond acceptors (Lipinski definition) is 3. The van der Waals surface area contributed by atoms with Crippen molar-refractivity contribution in [3.05, 3.63) is 52.8 Å². The van der Waals surface area contributed by atoms with Gasteiger partial charge in [-0.1, -0.05) is 6.92 Å². The van der Waals surface area contributed by atoms with E-state index in [-0.39, 0.29) is 23.4 Å². The molecule has 0 saturated heterocycles. The van der Waals surface area contributed by atoms with Crippen molar-refractivity contribution in [1.29, 1.82) is 0 Å². The molecule has 0 aliphatic rings. The molecule has 25 heavy (non-hydrogen) atoms. The standard InChI is InChI=1S/C19H22FN3O2/c1-11(10-23-13(3)7-12(2)22-23)9-21-19(24)18-14(4)16-8-15(20)5-6-17(16)25-18/h5-8,11H,9-10H2,1-4H3,(H,21,24). The van der Waals surface area contributed by atoms with Gasteiger partial charge >= 0.3 is 0 Å². The third kappa shape index (κ3) is 3.57. The quantitative estimate of drug-likeness (QED) is 0.767. The number of hydrogen-bond donors (Lipinski definition) is 1. The van der Waals surface area contributed by atoms with Crippen LogP contribution in [-0.4, -0.2) is 22.2 Å². The second kappa shape index (κ2) is 6.70. The highest BCUT2D eigenvalue weighted by atomic mass is 19.1. The molecule has 1 aromatic carbocycles. The van der Waals surface area contributed by atoms with Gasteiger partial charge in [0, 0.05) is 29.7 Å². The molecule has 0 fully saturated rings. The normalized spacial score (nSPS) is 12.5. The fourth-order valence-corrected chi connectivity index (χ4v) is 2.98. The number of aromatic nitrogens is 2. The minimum Gasteiger partial charge on any atom is -0.451 e. The summed E-state index contributed by atoms with van der Waals surface area (Å²) in [5.41, 5.74) is 3.25. The first-order valence-corrected chi connectivity index (χ1v) is 8.33. The van der Waals surface area contributed by atoms with Crippen LogP contribution in [0.1, 0.15) is 34.4 Å². The maximum absolute atomic E-state index is 13.4. The lowest BCUT2D eigenvalue weighted by atomic mass is 10.1. The van der Waals surface area contributed by atoms with Crippen molar-refractivity contribution in [2.75, 3.05) is 6.54 Å². The summed E-state index contributed by atoms with van der Waals surface area (Å²) in [5.74, 6) is -0.181. The molecule has 5 nitrogen and oxygen atoms in total. The summed E-state index contributed by atoms with van der Waals surface area (Å²) in [6, 6.07) is 6.28. The van der Waals surface area contributed by atoms with Gasteiger partial charge in [-0.15, -0.1) is 0 Å². The minimum absolute atomic E-state index is 0.212. The third-order valence-corrected chi connectivity index (χ3v) is 4.30. The molecule has 0 aliphatic carbocycles. The van der Waals surface area contributed by atoms with Crippen molar-refractivity contribution in [1.82, 2.24) is 15.1 Å². The summed E-state index contributed by atoms with van der Waals surface area (Å²) in [6.07, 6.45) is 0. The Morgan fingerprint density at radius 2 is 2.08 bits per heavy atom. The molecule has 0 saturated carbocycles. The summed E-state index contributed by atoms with van der Waals surface area (Å²) in [6.45, 7) is 9.02. The van der Waals surface area contributed by atoms with Crippen molar-refractivity contribution < 1.29 is 13.6 Å². The van der Waals surface area contributed by atoms with Gasteiger partial charge in [0.1, 0.15) is 11.4 Å². The number of halogens is 1. The number of carbonyl (C=O) groups excluding carboxylic acids is 1. The molecular weight excluding hydrogens is 321 g/mol. The molecule has 1 amide bonds. The van der Waals surface area contributed by atoms with Gasteiger partial charge in [-0.2, -0.15) is 5.10 Å². The molecule has 0 spiro atoms. The fraction of sp³-hybridized carbons (Fsp3) is 0.368. The molecule has 132 valence electrons. The summed E-state index contributed by atoms with van der Waals surface area (Å²) in [4.78, 5) is 12.4. The maximum atomic E-state index is 13.4. The Kier molecular flexibility index (Phi) is 4.61. The molecule has 3 aromatic rings. The number of amides is 1.